The summed E-state index contributed by atoms with van der Waals surface area (Å²) < 4.78 is 2.53. The monoisotopic (exact) mass is 331 g/mol. The van der Waals surface area contributed by atoms with Crippen LogP contribution < -0.4 is 5.32 Å². The Hall–Kier alpha value is -1.79. The fraction of sp³-hybridized carbons (Fsp3) is 0.214. The zero-order chi connectivity index (χ0) is 14.1. The molecule has 6 heteroatoms. The second-order valence-electron chi connectivity index (χ2n) is 4.53. The number of pyridine rings is 1. The van der Waals surface area contributed by atoms with Gasteiger partial charge in [0.15, 0.2) is 4.60 Å². The number of halogens is 1. The Morgan fingerprint density at radius 3 is 2.80 bits per heavy atom. The number of fused-ring (bicyclic) bond motifs is 1. The number of hydrogen-bond acceptors (Lipinski definition) is 4. The molecule has 1 unspecified atom stereocenters. The van der Waals surface area contributed by atoms with Crippen LogP contribution >= 0.6 is 15.9 Å². The van der Waals surface area contributed by atoms with Crippen molar-refractivity contribution in [3.63, 3.8) is 0 Å². The molecule has 1 N–H and O–H groups in total. The van der Waals surface area contributed by atoms with E-state index in [1.54, 1.807) is 4.68 Å². The zero-order valence-corrected chi connectivity index (χ0v) is 12.8. The summed E-state index contributed by atoms with van der Waals surface area (Å²) in [5.74, 6) is 0. The third kappa shape index (κ3) is 2.10. The van der Waals surface area contributed by atoms with Gasteiger partial charge in [-0.05, 0) is 40.7 Å². The standard InChI is InChI=1S/C14H14BrN5/c1-16-12(13-14(15)18-19-20(13)2)10-5-3-7-11-9(10)6-4-8-17-11/h3-8,12,16H,1-2H3. The van der Waals surface area contributed by atoms with Gasteiger partial charge in [-0.3, -0.25) is 4.98 Å². The molecule has 5 nitrogen and oxygen atoms in total. The van der Waals surface area contributed by atoms with Crippen molar-refractivity contribution in [3.8, 4) is 0 Å². The quantitative estimate of drug-likeness (QED) is 0.800. The third-order valence-electron chi connectivity index (χ3n) is 3.38. The molecule has 2 heterocycles. The van der Waals surface area contributed by atoms with Gasteiger partial charge < -0.3 is 5.32 Å². The lowest BCUT2D eigenvalue weighted by Crippen LogP contribution is -2.21. The molecule has 20 heavy (non-hydrogen) atoms. The van der Waals surface area contributed by atoms with Gasteiger partial charge in [-0.15, -0.1) is 5.10 Å². The van der Waals surface area contributed by atoms with E-state index in [1.165, 1.54) is 0 Å². The molecule has 0 radical (unpaired) electrons. The number of nitrogens with one attached hydrogen (secondary N) is 1. The summed E-state index contributed by atoms with van der Waals surface area (Å²) in [6.45, 7) is 0. The summed E-state index contributed by atoms with van der Waals surface area (Å²) in [5, 5.41) is 12.6. The third-order valence-corrected chi connectivity index (χ3v) is 3.94. The Morgan fingerprint density at radius 1 is 1.25 bits per heavy atom. The largest absolute Gasteiger partial charge is 0.308 e. The molecule has 3 aromatic rings. The van der Waals surface area contributed by atoms with E-state index in [1.807, 2.05) is 38.5 Å². The van der Waals surface area contributed by atoms with E-state index in [2.05, 4.69) is 48.7 Å². The highest BCUT2D eigenvalue weighted by Crippen LogP contribution is 2.30. The average Bonchev–Trinajstić information content (AvgIpc) is 2.81. The van der Waals surface area contributed by atoms with Crippen molar-refractivity contribution in [2.45, 2.75) is 6.04 Å². The van der Waals surface area contributed by atoms with Crippen LogP contribution in [0.2, 0.25) is 0 Å². The van der Waals surface area contributed by atoms with Crippen LogP contribution in [-0.2, 0) is 7.05 Å². The molecule has 0 aliphatic heterocycles. The molecule has 2 aromatic heterocycles. The fourth-order valence-electron chi connectivity index (χ4n) is 2.46. The summed E-state index contributed by atoms with van der Waals surface area (Å²) in [5.41, 5.74) is 3.13. The Bertz CT molecular complexity index is 727. The molecule has 0 saturated carbocycles. The van der Waals surface area contributed by atoms with E-state index >= 15 is 0 Å². The van der Waals surface area contributed by atoms with Crippen LogP contribution in [0.15, 0.2) is 41.1 Å². The van der Waals surface area contributed by atoms with Crippen molar-refractivity contribution in [2.75, 3.05) is 7.05 Å². The van der Waals surface area contributed by atoms with E-state index in [-0.39, 0.29) is 6.04 Å². The molecular formula is C14H14BrN5. The summed E-state index contributed by atoms with van der Waals surface area (Å²) >= 11 is 3.47. The molecule has 0 aliphatic carbocycles. The summed E-state index contributed by atoms with van der Waals surface area (Å²) in [7, 11) is 3.82. The Labute approximate surface area is 125 Å². The first kappa shape index (κ1) is 13.2. The molecule has 0 bridgehead atoms. The maximum atomic E-state index is 4.41. The Morgan fingerprint density at radius 2 is 2.10 bits per heavy atom. The molecule has 0 amide bonds. The van der Waals surface area contributed by atoms with Gasteiger partial charge in [-0.25, -0.2) is 4.68 Å². The lowest BCUT2D eigenvalue weighted by atomic mass is 9.99. The predicted molar refractivity (Wildman–Crippen MR) is 81.3 cm³/mol. The number of aryl methyl sites for hydroxylation is 1. The molecule has 0 fully saturated rings. The number of aromatic nitrogens is 4. The van der Waals surface area contributed by atoms with Crippen molar-refractivity contribution < 1.29 is 0 Å². The lowest BCUT2D eigenvalue weighted by Gasteiger charge is -2.18. The van der Waals surface area contributed by atoms with Gasteiger partial charge in [-0.1, -0.05) is 23.4 Å². The second kappa shape index (κ2) is 5.30. The minimum atomic E-state index is -0.00252. The van der Waals surface area contributed by atoms with Gasteiger partial charge in [0, 0.05) is 18.6 Å². The normalized spacial score (nSPS) is 12.8. The maximum Gasteiger partial charge on any atom is 0.153 e. The van der Waals surface area contributed by atoms with E-state index in [0.717, 1.165) is 26.8 Å². The van der Waals surface area contributed by atoms with E-state index < -0.39 is 0 Å². The van der Waals surface area contributed by atoms with Crippen molar-refractivity contribution in [1.82, 2.24) is 25.3 Å². The number of nitrogens with zero attached hydrogens (tertiary/aromatic N) is 4. The van der Waals surface area contributed by atoms with E-state index in [4.69, 9.17) is 0 Å². The summed E-state index contributed by atoms with van der Waals surface area (Å²) in [6, 6.07) is 10.2. The highest BCUT2D eigenvalue weighted by molar-refractivity contribution is 9.10. The highest BCUT2D eigenvalue weighted by atomic mass is 79.9. The van der Waals surface area contributed by atoms with Crippen LogP contribution in [0, 0.1) is 0 Å². The lowest BCUT2D eigenvalue weighted by molar-refractivity contribution is 0.599. The van der Waals surface area contributed by atoms with Gasteiger partial charge in [0.2, 0.25) is 0 Å². The zero-order valence-electron chi connectivity index (χ0n) is 11.2. The molecule has 1 atom stereocenters. The Balaban J connectivity index is 2.22. The summed E-state index contributed by atoms with van der Waals surface area (Å²) in [4.78, 5) is 4.41. The molecule has 0 saturated heterocycles. The first-order valence-corrected chi connectivity index (χ1v) is 7.07. The van der Waals surface area contributed by atoms with Crippen molar-refractivity contribution in [1.29, 1.82) is 0 Å². The summed E-state index contributed by atoms with van der Waals surface area (Å²) in [6.07, 6.45) is 1.81. The smallest absolute Gasteiger partial charge is 0.153 e. The van der Waals surface area contributed by atoms with Gasteiger partial charge in [0.25, 0.3) is 0 Å². The first-order valence-electron chi connectivity index (χ1n) is 6.28. The van der Waals surface area contributed by atoms with Crippen LogP contribution in [0.4, 0.5) is 0 Å². The highest BCUT2D eigenvalue weighted by Gasteiger charge is 2.22. The fourth-order valence-corrected chi connectivity index (χ4v) is 3.02. The van der Waals surface area contributed by atoms with Crippen LogP contribution in [0.1, 0.15) is 17.3 Å². The van der Waals surface area contributed by atoms with Crippen molar-refractivity contribution in [3.05, 3.63) is 52.4 Å². The minimum absolute atomic E-state index is 0.00252. The second-order valence-corrected chi connectivity index (χ2v) is 5.28. The molecular weight excluding hydrogens is 318 g/mol. The van der Waals surface area contributed by atoms with E-state index in [9.17, 15) is 0 Å². The van der Waals surface area contributed by atoms with Crippen molar-refractivity contribution in [2.24, 2.45) is 7.05 Å². The van der Waals surface area contributed by atoms with Gasteiger partial charge in [0.1, 0.15) is 0 Å². The van der Waals surface area contributed by atoms with Crippen LogP contribution in [0.25, 0.3) is 10.9 Å². The van der Waals surface area contributed by atoms with Crippen LogP contribution in [-0.4, -0.2) is 27.0 Å². The number of benzene rings is 1. The first-order chi connectivity index (χ1) is 9.72. The Kier molecular flexibility index (Phi) is 3.50. The molecule has 1 aromatic carbocycles. The number of rotatable bonds is 3. The molecule has 102 valence electrons. The maximum absolute atomic E-state index is 4.41. The molecule has 0 aliphatic rings. The minimum Gasteiger partial charge on any atom is -0.308 e. The van der Waals surface area contributed by atoms with Gasteiger partial charge >= 0.3 is 0 Å². The average molecular weight is 332 g/mol. The van der Waals surface area contributed by atoms with Gasteiger partial charge in [0.05, 0.1) is 17.3 Å². The van der Waals surface area contributed by atoms with E-state index in [0.29, 0.717) is 0 Å². The van der Waals surface area contributed by atoms with Crippen LogP contribution in [0.5, 0.6) is 0 Å². The van der Waals surface area contributed by atoms with Crippen molar-refractivity contribution >= 4 is 26.8 Å². The SMILES string of the molecule is CNC(c1cccc2ncccc12)c1c(Br)nnn1C. The molecule has 3 rings (SSSR count). The topological polar surface area (TPSA) is 55.6 Å². The molecule has 0 spiro atoms. The van der Waals surface area contributed by atoms with Crippen LogP contribution in [0.3, 0.4) is 0 Å². The van der Waals surface area contributed by atoms with Gasteiger partial charge in [-0.2, -0.15) is 0 Å². The number of hydrogen-bond donors (Lipinski definition) is 1. The predicted octanol–water partition coefficient (Wildman–Crippen LogP) is 2.43.